The Morgan fingerprint density at radius 1 is 1.31 bits per heavy atom. The average Bonchev–Trinajstić information content (AvgIpc) is 2.63. The van der Waals surface area contributed by atoms with E-state index in [4.69, 9.17) is 4.74 Å². The number of rotatable bonds is 2. The van der Waals surface area contributed by atoms with Crippen molar-refractivity contribution in [3.05, 3.63) is 35.9 Å². The summed E-state index contributed by atoms with van der Waals surface area (Å²) in [5, 5.41) is 9.97. The molecule has 0 radical (unpaired) electrons. The van der Waals surface area contributed by atoms with Gasteiger partial charge in [0, 0.05) is 0 Å². The Hall–Kier alpha value is -0.860. The van der Waals surface area contributed by atoms with E-state index in [1.807, 2.05) is 32.0 Å². The fourth-order valence-corrected chi connectivity index (χ4v) is 2.34. The predicted molar refractivity (Wildman–Crippen MR) is 64.2 cm³/mol. The predicted octanol–water partition coefficient (Wildman–Crippen LogP) is 2.85. The topological polar surface area (TPSA) is 29.5 Å². The van der Waals surface area contributed by atoms with Crippen LogP contribution in [0, 0.1) is 0 Å². The Labute approximate surface area is 97.3 Å². The van der Waals surface area contributed by atoms with E-state index in [1.54, 1.807) is 0 Å². The summed E-state index contributed by atoms with van der Waals surface area (Å²) in [7, 11) is 0. The zero-order valence-electron chi connectivity index (χ0n) is 10.2. The molecular formula is C14H20O2. The van der Waals surface area contributed by atoms with E-state index >= 15 is 0 Å². The zero-order chi connectivity index (χ0) is 11.8. The molecule has 1 aliphatic heterocycles. The van der Waals surface area contributed by atoms with Crippen LogP contribution >= 0.6 is 0 Å². The summed E-state index contributed by atoms with van der Waals surface area (Å²) in [5.74, 6) is 0. The van der Waals surface area contributed by atoms with E-state index in [1.165, 1.54) is 5.56 Å². The molecule has 2 heteroatoms. The first kappa shape index (κ1) is 11.6. The molecule has 1 N–H and O–H groups in total. The number of ether oxygens (including phenoxy) is 1. The van der Waals surface area contributed by atoms with E-state index in [0.717, 1.165) is 12.8 Å². The highest BCUT2D eigenvalue weighted by Gasteiger charge is 2.43. The highest BCUT2D eigenvalue weighted by Crippen LogP contribution is 2.41. The van der Waals surface area contributed by atoms with Crippen LogP contribution in [0.1, 0.15) is 39.2 Å². The third kappa shape index (κ3) is 2.13. The summed E-state index contributed by atoms with van der Waals surface area (Å²) in [6.07, 6.45) is 1.80. The van der Waals surface area contributed by atoms with E-state index in [2.05, 4.69) is 19.1 Å². The van der Waals surface area contributed by atoms with Crippen LogP contribution in [-0.2, 0) is 10.3 Å². The van der Waals surface area contributed by atoms with Gasteiger partial charge < -0.3 is 9.84 Å². The first-order chi connectivity index (χ1) is 7.42. The fourth-order valence-electron chi connectivity index (χ4n) is 2.34. The van der Waals surface area contributed by atoms with Gasteiger partial charge in [0.25, 0.3) is 0 Å². The second-order valence-electron chi connectivity index (χ2n) is 5.40. The Morgan fingerprint density at radius 3 is 2.44 bits per heavy atom. The van der Waals surface area contributed by atoms with Crippen LogP contribution in [0.15, 0.2) is 30.3 Å². The van der Waals surface area contributed by atoms with Gasteiger partial charge in [0.05, 0.1) is 17.3 Å². The third-order valence-corrected chi connectivity index (χ3v) is 3.46. The first-order valence-corrected chi connectivity index (χ1v) is 5.87. The van der Waals surface area contributed by atoms with Crippen molar-refractivity contribution in [3.8, 4) is 0 Å². The third-order valence-electron chi connectivity index (χ3n) is 3.46. The molecule has 0 unspecified atom stereocenters. The summed E-state index contributed by atoms with van der Waals surface area (Å²) in [6, 6.07) is 10.2. The maximum atomic E-state index is 9.97. The van der Waals surface area contributed by atoms with Crippen molar-refractivity contribution in [2.24, 2.45) is 0 Å². The molecule has 16 heavy (non-hydrogen) atoms. The van der Waals surface area contributed by atoms with E-state index in [-0.39, 0.29) is 11.7 Å². The summed E-state index contributed by atoms with van der Waals surface area (Å²) in [4.78, 5) is 0. The summed E-state index contributed by atoms with van der Waals surface area (Å²) >= 11 is 0. The van der Waals surface area contributed by atoms with Crippen molar-refractivity contribution in [1.82, 2.24) is 0 Å². The number of hydrogen-bond acceptors (Lipinski definition) is 2. The fraction of sp³-hybridized carbons (Fsp3) is 0.571. The average molecular weight is 220 g/mol. The van der Waals surface area contributed by atoms with Gasteiger partial charge in [0.15, 0.2) is 0 Å². The van der Waals surface area contributed by atoms with Gasteiger partial charge >= 0.3 is 0 Å². The maximum Gasteiger partial charge on any atom is 0.0909 e. The Balaban J connectivity index is 2.19. The van der Waals surface area contributed by atoms with Gasteiger partial charge in [-0.25, -0.2) is 0 Å². The van der Waals surface area contributed by atoms with Crippen molar-refractivity contribution in [2.75, 3.05) is 0 Å². The van der Waals surface area contributed by atoms with Crippen molar-refractivity contribution < 1.29 is 9.84 Å². The molecule has 0 amide bonds. The molecule has 1 aromatic rings. The molecular weight excluding hydrogens is 200 g/mol. The van der Waals surface area contributed by atoms with Crippen LogP contribution in [0.5, 0.6) is 0 Å². The van der Waals surface area contributed by atoms with E-state index < -0.39 is 5.60 Å². The minimum absolute atomic E-state index is 0.0716. The summed E-state index contributed by atoms with van der Waals surface area (Å²) in [6.45, 7) is 5.73. The van der Waals surface area contributed by atoms with Crippen molar-refractivity contribution in [3.63, 3.8) is 0 Å². The second-order valence-corrected chi connectivity index (χ2v) is 5.40. The largest absolute Gasteiger partial charge is 0.388 e. The van der Waals surface area contributed by atoms with Crippen LogP contribution in [0.25, 0.3) is 0 Å². The SMILES string of the molecule is CC(C)(O)[C@@H]1CC[C@@](C)(c2ccccc2)O1. The van der Waals surface area contributed by atoms with Gasteiger partial charge in [-0.1, -0.05) is 30.3 Å². The highest BCUT2D eigenvalue weighted by molar-refractivity contribution is 5.23. The van der Waals surface area contributed by atoms with Crippen molar-refractivity contribution in [2.45, 2.75) is 50.9 Å². The Bertz CT molecular complexity index is 353. The van der Waals surface area contributed by atoms with E-state index in [0.29, 0.717) is 0 Å². The van der Waals surface area contributed by atoms with Gasteiger partial charge in [-0.05, 0) is 39.2 Å². The molecule has 2 nitrogen and oxygen atoms in total. The lowest BCUT2D eigenvalue weighted by Gasteiger charge is -2.30. The molecule has 0 bridgehead atoms. The van der Waals surface area contributed by atoms with Gasteiger partial charge in [0.1, 0.15) is 0 Å². The molecule has 1 saturated heterocycles. The monoisotopic (exact) mass is 220 g/mol. The smallest absolute Gasteiger partial charge is 0.0909 e. The molecule has 0 spiro atoms. The highest BCUT2D eigenvalue weighted by atomic mass is 16.5. The molecule has 0 saturated carbocycles. The molecule has 1 fully saturated rings. The number of hydrogen-bond donors (Lipinski definition) is 1. The lowest BCUT2D eigenvalue weighted by Crippen LogP contribution is -2.37. The minimum atomic E-state index is -0.757. The molecule has 0 aliphatic carbocycles. The standard InChI is InChI=1S/C14H20O2/c1-13(2,15)12-9-10-14(3,16-12)11-7-5-4-6-8-11/h4-8,12,15H,9-10H2,1-3H3/t12-,14-/m0/s1. The van der Waals surface area contributed by atoms with Crippen LogP contribution in [0.3, 0.4) is 0 Å². The van der Waals surface area contributed by atoms with Gasteiger partial charge in [-0.2, -0.15) is 0 Å². The lowest BCUT2D eigenvalue weighted by molar-refractivity contribution is -0.118. The first-order valence-electron chi connectivity index (χ1n) is 5.87. The van der Waals surface area contributed by atoms with Crippen LogP contribution in [0.2, 0.25) is 0 Å². The minimum Gasteiger partial charge on any atom is -0.388 e. The van der Waals surface area contributed by atoms with Crippen molar-refractivity contribution >= 4 is 0 Å². The molecule has 1 heterocycles. The molecule has 2 atom stereocenters. The molecule has 1 aliphatic rings. The van der Waals surface area contributed by atoms with Crippen molar-refractivity contribution in [1.29, 1.82) is 0 Å². The van der Waals surface area contributed by atoms with E-state index in [9.17, 15) is 5.11 Å². The Kier molecular flexibility index (Phi) is 2.81. The number of benzene rings is 1. The molecule has 2 rings (SSSR count). The van der Waals surface area contributed by atoms with Crippen LogP contribution in [0.4, 0.5) is 0 Å². The quantitative estimate of drug-likeness (QED) is 0.830. The lowest BCUT2D eigenvalue weighted by atomic mass is 9.92. The van der Waals surface area contributed by atoms with Gasteiger partial charge in [-0.3, -0.25) is 0 Å². The summed E-state index contributed by atoms with van der Waals surface area (Å²) < 4.78 is 6.05. The van der Waals surface area contributed by atoms with Crippen LogP contribution < -0.4 is 0 Å². The zero-order valence-corrected chi connectivity index (χ0v) is 10.2. The van der Waals surface area contributed by atoms with Crippen LogP contribution in [-0.4, -0.2) is 16.8 Å². The second kappa shape index (κ2) is 3.86. The molecule has 1 aromatic carbocycles. The van der Waals surface area contributed by atoms with Gasteiger partial charge in [0.2, 0.25) is 0 Å². The molecule has 0 aromatic heterocycles. The van der Waals surface area contributed by atoms with Gasteiger partial charge in [-0.15, -0.1) is 0 Å². The Morgan fingerprint density at radius 2 is 1.94 bits per heavy atom. The maximum absolute atomic E-state index is 9.97. The normalized spacial score (nSPS) is 30.6. The number of aliphatic hydroxyl groups is 1. The molecule has 88 valence electrons. The summed E-state index contributed by atoms with van der Waals surface area (Å²) in [5.41, 5.74) is 0.195.